The number of methoxy groups -OCH3 is 1. The lowest BCUT2D eigenvalue weighted by molar-refractivity contribution is 0.0699. The number of aryl methyl sites for hydroxylation is 1. The van der Waals surface area contributed by atoms with E-state index in [9.17, 15) is 9.90 Å². The highest BCUT2D eigenvalue weighted by atomic mass is 35.5. The van der Waals surface area contributed by atoms with Crippen molar-refractivity contribution in [1.82, 2.24) is 4.98 Å². The normalized spacial score (nSPS) is 10.7. The van der Waals surface area contributed by atoms with Crippen LogP contribution >= 0.6 is 11.6 Å². The third-order valence-corrected chi connectivity index (χ3v) is 4.17. The number of carboxylic acids is 1. The van der Waals surface area contributed by atoms with Gasteiger partial charge in [-0.3, -0.25) is 0 Å². The predicted octanol–water partition coefficient (Wildman–Crippen LogP) is 4.57. The number of aromatic nitrogens is 1. The molecule has 5 heteroatoms. The van der Waals surface area contributed by atoms with E-state index in [1.54, 1.807) is 25.3 Å². The molecule has 116 valence electrons. The molecule has 0 atom stereocenters. The average molecular weight is 328 g/mol. The van der Waals surface area contributed by atoms with Crippen LogP contribution in [0.5, 0.6) is 5.75 Å². The van der Waals surface area contributed by atoms with Gasteiger partial charge in [0.2, 0.25) is 0 Å². The molecule has 0 aliphatic rings. The monoisotopic (exact) mass is 327 g/mol. The number of pyridine rings is 1. The van der Waals surface area contributed by atoms with Crippen molar-refractivity contribution < 1.29 is 14.6 Å². The Labute approximate surface area is 138 Å². The maximum Gasteiger partial charge on any atom is 0.336 e. The number of hydrogen-bond acceptors (Lipinski definition) is 3. The summed E-state index contributed by atoms with van der Waals surface area (Å²) in [5.41, 5.74) is 2.91. The number of aromatic carboxylic acids is 1. The molecule has 0 fully saturated rings. The van der Waals surface area contributed by atoms with Gasteiger partial charge >= 0.3 is 5.97 Å². The molecule has 0 amide bonds. The van der Waals surface area contributed by atoms with E-state index in [2.05, 4.69) is 4.98 Å². The second kappa shape index (κ2) is 5.89. The second-order valence-electron chi connectivity index (χ2n) is 5.16. The Kier molecular flexibility index (Phi) is 3.92. The summed E-state index contributed by atoms with van der Waals surface area (Å²) in [5, 5.41) is 10.7. The van der Waals surface area contributed by atoms with Gasteiger partial charge in [0.15, 0.2) is 0 Å². The van der Waals surface area contributed by atoms with Crippen molar-refractivity contribution in [3.8, 4) is 17.0 Å². The van der Waals surface area contributed by atoms with Crippen molar-refractivity contribution in [2.75, 3.05) is 7.11 Å². The SMILES string of the molecule is COc1cccc(-c2cc(C(=O)O)c3ccc(Cl)c(C)c3n2)c1. The fourth-order valence-corrected chi connectivity index (χ4v) is 2.66. The van der Waals surface area contributed by atoms with E-state index in [1.165, 1.54) is 0 Å². The van der Waals surface area contributed by atoms with Gasteiger partial charge in [-0.1, -0.05) is 29.8 Å². The van der Waals surface area contributed by atoms with E-state index < -0.39 is 5.97 Å². The summed E-state index contributed by atoms with van der Waals surface area (Å²) in [6.07, 6.45) is 0. The Morgan fingerprint density at radius 1 is 1.22 bits per heavy atom. The first kappa shape index (κ1) is 15.3. The average Bonchev–Trinajstić information content (AvgIpc) is 2.57. The molecule has 0 bridgehead atoms. The van der Waals surface area contributed by atoms with E-state index in [1.807, 2.05) is 31.2 Å². The van der Waals surface area contributed by atoms with Crippen molar-refractivity contribution in [3.63, 3.8) is 0 Å². The summed E-state index contributed by atoms with van der Waals surface area (Å²) in [5.74, 6) is -0.313. The molecule has 2 aromatic carbocycles. The predicted molar refractivity (Wildman–Crippen MR) is 90.4 cm³/mol. The number of ether oxygens (including phenoxy) is 1. The molecule has 0 saturated heterocycles. The summed E-state index contributed by atoms with van der Waals surface area (Å²) < 4.78 is 5.22. The lowest BCUT2D eigenvalue weighted by Crippen LogP contribution is -2.01. The van der Waals surface area contributed by atoms with Crippen LogP contribution in [0.3, 0.4) is 0 Å². The zero-order valence-corrected chi connectivity index (χ0v) is 13.4. The Hall–Kier alpha value is -2.59. The first-order valence-electron chi connectivity index (χ1n) is 6.99. The summed E-state index contributed by atoms with van der Waals surface area (Å²) in [6.45, 7) is 1.83. The number of rotatable bonds is 3. The quantitative estimate of drug-likeness (QED) is 0.765. The molecular formula is C18H14ClNO3. The molecule has 3 aromatic rings. The maximum atomic E-state index is 11.6. The molecule has 4 nitrogen and oxygen atoms in total. The van der Waals surface area contributed by atoms with Crippen molar-refractivity contribution in [2.24, 2.45) is 0 Å². The first-order chi connectivity index (χ1) is 11.0. The summed E-state index contributed by atoms with van der Waals surface area (Å²) in [7, 11) is 1.58. The number of carboxylic acid groups (broad SMARTS) is 1. The van der Waals surface area contributed by atoms with Gasteiger partial charge in [-0.05, 0) is 36.8 Å². The lowest BCUT2D eigenvalue weighted by Gasteiger charge is -2.11. The summed E-state index contributed by atoms with van der Waals surface area (Å²) >= 11 is 6.16. The van der Waals surface area contributed by atoms with E-state index in [0.29, 0.717) is 27.4 Å². The largest absolute Gasteiger partial charge is 0.497 e. The van der Waals surface area contributed by atoms with Crippen LogP contribution in [0.4, 0.5) is 0 Å². The van der Waals surface area contributed by atoms with Gasteiger partial charge in [-0.25, -0.2) is 9.78 Å². The lowest BCUT2D eigenvalue weighted by atomic mass is 10.0. The highest BCUT2D eigenvalue weighted by molar-refractivity contribution is 6.32. The fourth-order valence-electron chi connectivity index (χ4n) is 2.51. The van der Waals surface area contributed by atoms with Crippen LogP contribution in [-0.4, -0.2) is 23.2 Å². The molecule has 23 heavy (non-hydrogen) atoms. The third kappa shape index (κ3) is 2.73. The Morgan fingerprint density at radius 3 is 2.70 bits per heavy atom. The van der Waals surface area contributed by atoms with Crippen molar-refractivity contribution in [1.29, 1.82) is 0 Å². The van der Waals surface area contributed by atoms with Crippen LogP contribution in [0.2, 0.25) is 5.02 Å². The molecule has 0 radical (unpaired) electrons. The first-order valence-corrected chi connectivity index (χ1v) is 7.36. The van der Waals surface area contributed by atoms with Gasteiger partial charge in [-0.15, -0.1) is 0 Å². The minimum atomic E-state index is -0.997. The van der Waals surface area contributed by atoms with Crippen molar-refractivity contribution in [2.45, 2.75) is 6.92 Å². The zero-order valence-electron chi connectivity index (χ0n) is 12.6. The van der Waals surface area contributed by atoms with E-state index in [4.69, 9.17) is 16.3 Å². The molecule has 0 aliphatic carbocycles. The third-order valence-electron chi connectivity index (χ3n) is 3.76. The molecule has 1 heterocycles. The Balaban J connectivity index is 2.33. The number of halogens is 1. The second-order valence-corrected chi connectivity index (χ2v) is 5.57. The Morgan fingerprint density at radius 2 is 2.00 bits per heavy atom. The van der Waals surface area contributed by atoms with Crippen LogP contribution in [-0.2, 0) is 0 Å². The minimum absolute atomic E-state index is 0.201. The van der Waals surface area contributed by atoms with Crippen molar-refractivity contribution >= 4 is 28.5 Å². The van der Waals surface area contributed by atoms with Gasteiger partial charge in [0.05, 0.1) is 23.9 Å². The summed E-state index contributed by atoms with van der Waals surface area (Å²) in [4.78, 5) is 16.3. The number of nitrogens with zero attached hydrogens (tertiary/aromatic N) is 1. The minimum Gasteiger partial charge on any atom is -0.497 e. The molecule has 0 aliphatic heterocycles. The topological polar surface area (TPSA) is 59.4 Å². The van der Waals surface area contributed by atoms with Crippen LogP contribution in [0, 0.1) is 6.92 Å². The number of fused-ring (bicyclic) bond motifs is 1. The fraction of sp³-hybridized carbons (Fsp3) is 0.111. The number of benzene rings is 2. The van der Waals surface area contributed by atoms with E-state index in [-0.39, 0.29) is 5.56 Å². The molecule has 0 spiro atoms. The summed E-state index contributed by atoms with van der Waals surface area (Å²) in [6, 6.07) is 12.3. The highest BCUT2D eigenvalue weighted by Crippen LogP contribution is 2.31. The van der Waals surface area contributed by atoms with Gasteiger partial charge in [0.1, 0.15) is 5.75 Å². The zero-order chi connectivity index (χ0) is 16.6. The van der Waals surface area contributed by atoms with E-state index >= 15 is 0 Å². The molecule has 0 unspecified atom stereocenters. The molecule has 1 aromatic heterocycles. The van der Waals surface area contributed by atoms with Crippen molar-refractivity contribution in [3.05, 3.63) is 58.6 Å². The molecule has 3 rings (SSSR count). The molecular weight excluding hydrogens is 314 g/mol. The molecule has 0 saturated carbocycles. The van der Waals surface area contributed by atoms with Gasteiger partial charge in [-0.2, -0.15) is 0 Å². The Bertz CT molecular complexity index is 922. The van der Waals surface area contributed by atoms with Gasteiger partial charge < -0.3 is 9.84 Å². The van der Waals surface area contributed by atoms with Crippen LogP contribution in [0.1, 0.15) is 15.9 Å². The molecule has 1 N–H and O–H groups in total. The number of carbonyl (C=O) groups is 1. The van der Waals surface area contributed by atoms with Crippen LogP contribution < -0.4 is 4.74 Å². The van der Waals surface area contributed by atoms with Crippen LogP contribution in [0.25, 0.3) is 22.2 Å². The standard InChI is InChI=1S/C18H14ClNO3/c1-10-15(19)7-6-13-14(18(21)22)9-16(20-17(10)13)11-4-3-5-12(8-11)23-2/h3-9H,1-2H3,(H,21,22). The highest BCUT2D eigenvalue weighted by Gasteiger charge is 2.15. The van der Waals surface area contributed by atoms with Crippen LogP contribution in [0.15, 0.2) is 42.5 Å². The number of hydrogen-bond donors (Lipinski definition) is 1. The smallest absolute Gasteiger partial charge is 0.336 e. The maximum absolute atomic E-state index is 11.6. The van der Waals surface area contributed by atoms with Gasteiger partial charge in [0, 0.05) is 16.0 Å². The van der Waals surface area contributed by atoms with E-state index in [0.717, 1.165) is 11.1 Å². The van der Waals surface area contributed by atoms with Gasteiger partial charge in [0.25, 0.3) is 0 Å².